The average molecular weight is 268 g/mol. The molecule has 106 valence electrons. The van der Waals surface area contributed by atoms with Crippen LogP contribution in [0.5, 0.6) is 17.2 Å². The molecule has 0 bridgehead atoms. The number of phenolic OH excluding ortho intramolecular Hbond substituents is 2. The number of carbonyl (C=O) groups excluding carboxylic acids is 1. The molecule has 0 aliphatic carbocycles. The molecule has 0 amide bonds. The van der Waals surface area contributed by atoms with Gasteiger partial charge in [0, 0.05) is 0 Å². The van der Waals surface area contributed by atoms with Gasteiger partial charge in [0.1, 0.15) is 11.3 Å². The van der Waals surface area contributed by atoms with Crippen molar-refractivity contribution in [1.82, 2.24) is 0 Å². The van der Waals surface area contributed by atoms with Crippen LogP contribution in [0.2, 0.25) is 0 Å². The molecule has 5 heteroatoms. The highest BCUT2D eigenvalue weighted by Gasteiger charge is 2.22. The van der Waals surface area contributed by atoms with E-state index >= 15 is 0 Å². The van der Waals surface area contributed by atoms with Gasteiger partial charge in [-0.15, -0.1) is 0 Å². The van der Waals surface area contributed by atoms with Crippen molar-refractivity contribution in [1.29, 1.82) is 0 Å². The molecular formula is C14H20O5. The fraction of sp³-hybridized carbons (Fsp3) is 0.500. The van der Waals surface area contributed by atoms with Gasteiger partial charge in [0.25, 0.3) is 0 Å². The van der Waals surface area contributed by atoms with Crippen molar-refractivity contribution < 1.29 is 24.5 Å². The lowest BCUT2D eigenvalue weighted by atomic mass is 10.1. The van der Waals surface area contributed by atoms with Crippen LogP contribution in [0.15, 0.2) is 12.1 Å². The molecule has 0 saturated heterocycles. The first kappa shape index (κ1) is 15.1. The summed E-state index contributed by atoms with van der Waals surface area (Å²) in [6.45, 7) is 4.60. The molecule has 1 aromatic rings. The normalized spacial score (nSPS) is 10.2. The molecule has 1 aromatic carbocycles. The van der Waals surface area contributed by atoms with Gasteiger partial charge in [-0.3, -0.25) is 0 Å². The highest BCUT2D eigenvalue weighted by atomic mass is 16.5. The van der Waals surface area contributed by atoms with Gasteiger partial charge in [0.15, 0.2) is 11.5 Å². The number of rotatable bonds is 7. The highest BCUT2D eigenvalue weighted by Crippen LogP contribution is 2.36. The Morgan fingerprint density at radius 3 is 2.53 bits per heavy atom. The van der Waals surface area contributed by atoms with E-state index in [4.69, 9.17) is 9.47 Å². The van der Waals surface area contributed by atoms with E-state index < -0.39 is 11.7 Å². The number of hydrogen-bond acceptors (Lipinski definition) is 5. The monoisotopic (exact) mass is 268 g/mol. The summed E-state index contributed by atoms with van der Waals surface area (Å²) in [6, 6.07) is 2.73. The van der Waals surface area contributed by atoms with Gasteiger partial charge in [0.05, 0.1) is 13.2 Å². The lowest BCUT2D eigenvalue weighted by Gasteiger charge is -2.12. The van der Waals surface area contributed by atoms with Crippen LogP contribution in [-0.4, -0.2) is 29.4 Å². The molecule has 19 heavy (non-hydrogen) atoms. The summed E-state index contributed by atoms with van der Waals surface area (Å²) >= 11 is 0. The predicted molar refractivity (Wildman–Crippen MR) is 70.7 cm³/mol. The zero-order valence-corrected chi connectivity index (χ0v) is 11.3. The Balaban J connectivity index is 2.94. The molecule has 0 aromatic heterocycles. The van der Waals surface area contributed by atoms with Crippen LogP contribution < -0.4 is 4.74 Å². The lowest BCUT2D eigenvalue weighted by molar-refractivity contribution is 0.0490. The van der Waals surface area contributed by atoms with E-state index in [0.29, 0.717) is 6.61 Å². The minimum atomic E-state index is -0.687. The molecule has 0 spiro atoms. The average Bonchev–Trinajstić information content (AvgIpc) is 2.40. The van der Waals surface area contributed by atoms with Crippen LogP contribution in [0.1, 0.15) is 43.5 Å². The van der Waals surface area contributed by atoms with Crippen LogP contribution in [0, 0.1) is 0 Å². The maximum atomic E-state index is 11.9. The van der Waals surface area contributed by atoms with Gasteiger partial charge in [-0.05, 0) is 25.0 Å². The van der Waals surface area contributed by atoms with Gasteiger partial charge in [-0.25, -0.2) is 4.79 Å². The molecule has 0 atom stereocenters. The molecule has 0 unspecified atom stereocenters. The first-order chi connectivity index (χ1) is 9.11. The maximum absolute atomic E-state index is 11.9. The third-order valence-electron chi connectivity index (χ3n) is 2.52. The van der Waals surface area contributed by atoms with Gasteiger partial charge < -0.3 is 19.7 Å². The van der Waals surface area contributed by atoms with E-state index in [9.17, 15) is 15.0 Å². The van der Waals surface area contributed by atoms with E-state index in [2.05, 4.69) is 0 Å². The molecule has 0 heterocycles. The second kappa shape index (κ2) is 7.51. The number of hydrogen-bond donors (Lipinski definition) is 2. The minimum absolute atomic E-state index is 0.121. The molecular weight excluding hydrogens is 248 g/mol. The third-order valence-corrected chi connectivity index (χ3v) is 2.52. The minimum Gasteiger partial charge on any atom is -0.504 e. The van der Waals surface area contributed by atoms with Gasteiger partial charge in [-0.1, -0.05) is 20.3 Å². The first-order valence-electron chi connectivity index (χ1n) is 6.46. The zero-order valence-electron chi connectivity index (χ0n) is 11.3. The Labute approximate surface area is 112 Å². The van der Waals surface area contributed by atoms with Gasteiger partial charge >= 0.3 is 5.97 Å². The summed E-state index contributed by atoms with van der Waals surface area (Å²) in [5.41, 5.74) is -0.121. The quantitative estimate of drug-likeness (QED) is 0.452. The Morgan fingerprint density at radius 2 is 1.89 bits per heavy atom. The number of aromatic hydroxyl groups is 2. The summed E-state index contributed by atoms with van der Waals surface area (Å²) in [4.78, 5) is 11.9. The van der Waals surface area contributed by atoms with Crippen molar-refractivity contribution in [2.75, 3.05) is 13.2 Å². The summed E-state index contributed by atoms with van der Waals surface area (Å²) in [5.74, 6) is -1.34. The summed E-state index contributed by atoms with van der Waals surface area (Å²) in [7, 11) is 0. The van der Waals surface area contributed by atoms with E-state index in [1.807, 2.05) is 13.8 Å². The van der Waals surface area contributed by atoms with E-state index in [0.717, 1.165) is 19.3 Å². The van der Waals surface area contributed by atoms with Crippen LogP contribution >= 0.6 is 0 Å². The number of unbranched alkanes of at least 4 members (excludes halogenated alkanes) is 1. The van der Waals surface area contributed by atoms with E-state index in [-0.39, 0.29) is 23.7 Å². The second-order valence-corrected chi connectivity index (χ2v) is 4.14. The Kier molecular flexibility index (Phi) is 5.99. The molecule has 0 fully saturated rings. The number of ether oxygens (including phenoxy) is 2. The van der Waals surface area contributed by atoms with Crippen molar-refractivity contribution in [2.24, 2.45) is 0 Å². The first-order valence-corrected chi connectivity index (χ1v) is 6.46. The van der Waals surface area contributed by atoms with Crippen molar-refractivity contribution in [3.05, 3.63) is 17.7 Å². The SMILES string of the molecule is CCCCOC(=O)c1c(OCCC)ccc(O)c1O. The van der Waals surface area contributed by atoms with E-state index in [1.54, 1.807) is 0 Å². The molecule has 0 saturated carbocycles. The predicted octanol–water partition coefficient (Wildman–Crippen LogP) is 2.84. The van der Waals surface area contributed by atoms with Gasteiger partial charge in [-0.2, -0.15) is 0 Å². The van der Waals surface area contributed by atoms with Gasteiger partial charge in [0.2, 0.25) is 0 Å². The number of benzene rings is 1. The van der Waals surface area contributed by atoms with Crippen molar-refractivity contribution in [3.63, 3.8) is 0 Å². The second-order valence-electron chi connectivity index (χ2n) is 4.14. The van der Waals surface area contributed by atoms with Crippen LogP contribution in [0.25, 0.3) is 0 Å². The Hall–Kier alpha value is -1.91. The fourth-order valence-corrected chi connectivity index (χ4v) is 1.47. The molecule has 0 aliphatic heterocycles. The number of esters is 1. The van der Waals surface area contributed by atoms with Crippen LogP contribution in [-0.2, 0) is 4.74 Å². The smallest absolute Gasteiger partial charge is 0.345 e. The Morgan fingerprint density at radius 1 is 1.16 bits per heavy atom. The molecule has 5 nitrogen and oxygen atoms in total. The third kappa shape index (κ3) is 4.05. The largest absolute Gasteiger partial charge is 0.504 e. The summed E-state index contributed by atoms with van der Waals surface area (Å²) in [5, 5.41) is 19.2. The molecule has 0 radical (unpaired) electrons. The molecule has 0 aliphatic rings. The fourth-order valence-electron chi connectivity index (χ4n) is 1.47. The summed E-state index contributed by atoms with van der Waals surface area (Å²) in [6.07, 6.45) is 2.42. The number of carbonyl (C=O) groups is 1. The van der Waals surface area contributed by atoms with Crippen molar-refractivity contribution in [3.8, 4) is 17.2 Å². The van der Waals surface area contributed by atoms with Crippen molar-refractivity contribution in [2.45, 2.75) is 33.1 Å². The summed E-state index contributed by atoms with van der Waals surface area (Å²) < 4.78 is 10.4. The Bertz CT molecular complexity index is 428. The zero-order chi connectivity index (χ0) is 14.3. The standard InChI is InChI=1S/C14H20O5/c1-3-5-9-19-14(17)12-11(18-8-4-2)7-6-10(15)13(12)16/h6-7,15-16H,3-5,8-9H2,1-2H3. The highest BCUT2D eigenvalue weighted by molar-refractivity contribution is 5.96. The molecule has 1 rings (SSSR count). The van der Waals surface area contributed by atoms with Crippen LogP contribution in [0.4, 0.5) is 0 Å². The lowest BCUT2D eigenvalue weighted by Crippen LogP contribution is -2.10. The molecule has 2 N–H and O–H groups in total. The topological polar surface area (TPSA) is 76.0 Å². The maximum Gasteiger partial charge on any atom is 0.345 e. The van der Waals surface area contributed by atoms with E-state index in [1.165, 1.54) is 12.1 Å². The van der Waals surface area contributed by atoms with Crippen LogP contribution in [0.3, 0.4) is 0 Å². The van der Waals surface area contributed by atoms with Crippen molar-refractivity contribution >= 4 is 5.97 Å². The number of phenols is 2.